The molecular formula is C10H13ClF2N2O. The third-order valence-electron chi connectivity index (χ3n) is 2.43. The van der Waals surface area contributed by atoms with Crippen LogP contribution in [-0.4, -0.2) is 31.3 Å². The van der Waals surface area contributed by atoms with Crippen molar-refractivity contribution in [2.75, 3.05) is 31.1 Å². The second-order valence-corrected chi connectivity index (χ2v) is 3.50. The van der Waals surface area contributed by atoms with Crippen LogP contribution < -0.4 is 10.2 Å². The van der Waals surface area contributed by atoms with Gasteiger partial charge in [0.1, 0.15) is 11.4 Å². The molecule has 1 aliphatic heterocycles. The molecule has 0 unspecified atom stereocenters. The van der Waals surface area contributed by atoms with Crippen molar-refractivity contribution in [2.45, 2.75) is 0 Å². The first-order valence-corrected chi connectivity index (χ1v) is 4.82. The summed E-state index contributed by atoms with van der Waals surface area (Å²) in [5, 5.41) is 12.1. The molecule has 6 heteroatoms. The molecule has 1 heterocycles. The third kappa shape index (κ3) is 2.54. The smallest absolute Gasteiger partial charge is 0.153 e. The van der Waals surface area contributed by atoms with Gasteiger partial charge < -0.3 is 15.3 Å². The lowest BCUT2D eigenvalue weighted by Crippen LogP contribution is -2.44. The first-order valence-electron chi connectivity index (χ1n) is 4.82. The quantitative estimate of drug-likeness (QED) is 0.793. The van der Waals surface area contributed by atoms with E-state index < -0.39 is 11.6 Å². The van der Waals surface area contributed by atoms with E-state index in [9.17, 15) is 8.78 Å². The van der Waals surface area contributed by atoms with Crippen LogP contribution in [-0.2, 0) is 0 Å². The average Bonchev–Trinajstić information content (AvgIpc) is 2.17. The summed E-state index contributed by atoms with van der Waals surface area (Å²) < 4.78 is 26.9. The summed E-state index contributed by atoms with van der Waals surface area (Å²) in [5.41, 5.74) is -0.0469. The van der Waals surface area contributed by atoms with Gasteiger partial charge in [-0.1, -0.05) is 0 Å². The maximum absolute atomic E-state index is 13.4. The largest absolute Gasteiger partial charge is 0.508 e. The number of halogens is 3. The van der Waals surface area contributed by atoms with Gasteiger partial charge in [-0.3, -0.25) is 0 Å². The van der Waals surface area contributed by atoms with Crippen molar-refractivity contribution >= 4 is 18.1 Å². The molecule has 1 saturated heterocycles. The van der Waals surface area contributed by atoms with Gasteiger partial charge in [-0.05, 0) is 0 Å². The van der Waals surface area contributed by atoms with Gasteiger partial charge in [0.2, 0.25) is 0 Å². The Kier molecular flexibility index (Phi) is 4.32. The highest BCUT2D eigenvalue weighted by Crippen LogP contribution is 2.27. The molecule has 0 bridgehead atoms. The molecule has 0 amide bonds. The fourth-order valence-corrected chi connectivity index (χ4v) is 1.74. The number of rotatable bonds is 1. The highest BCUT2D eigenvalue weighted by Gasteiger charge is 2.19. The standard InChI is InChI=1S/C10H12F2N2O.ClH/c11-8-5-7(15)6-9(12)10(8)14-3-1-13-2-4-14;/h5-6,13,15H,1-4H2;1H. The van der Waals surface area contributed by atoms with E-state index in [-0.39, 0.29) is 23.8 Å². The number of phenols is 1. The van der Waals surface area contributed by atoms with E-state index in [1.807, 2.05) is 0 Å². The highest BCUT2D eigenvalue weighted by atomic mass is 35.5. The first-order chi connectivity index (χ1) is 7.18. The minimum Gasteiger partial charge on any atom is -0.508 e. The van der Waals surface area contributed by atoms with Crippen molar-refractivity contribution < 1.29 is 13.9 Å². The number of hydrogen-bond donors (Lipinski definition) is 2. The van der Waals surface area contributed by atoms with Gasteiger partial charge in [0, 0.05) is 38.3 Å². The van der Waals surface area contributed by atoms with Crippen LogP contribution in [0.2, 0.25) is 0 Å². The Bertz CT molecular complexity index is 347. The van der Waals surface area contributed by atoms with Crippen LogP contribution in [0.15, 0.2) is 12.1 Å². The predicted octanol–water partition coefficient (Wildman–Crippen LogP) is 1.50. The molecule has 2 N–H and O–H groups in total. The summed E-state index contributed by atoms with van der Waals surface area (Å²) in [6, 6.07) is 1.86. The minimum atomic E-state index is -0.714. The van der Waals surface area contributed by atoms with Crippen molar-refractivity contribution in [3.63, 3.8) is 0 Å². The number of aromatic hydroxyl groups is 1. The maximum atomic E-state index is 13.4. The van der Waals surface area contributed by atoms with Crippen LogP contribution in [0, 0.1) is 11.6 Å². The van der Waals surface area contributed by atoms with Gasteiger partial charge in [-0.15, -0.1) is 12.4 Å². The third-order valence-corrected chi connectivity index (χ3v) is 2.43. The van der Waals surface area contributed by atoms with Crippen LogP contribution in [0.4, 0.5) is 14.5 Å². The van der Waals surface area contributed by atoms with Crippen LogP contribution in [0.1, 0.15) is 0 Å². The number of nitrogens with one attached hydrogen (secondary N) is 1. The van der Waals surface area contributed by atoms with E-state index in [4.69, 9.17) is 5.11 Å². The summed E-state index contributed by atoms with van der Waals surface area (Å²) in [5.74, 6) is -1.81. The van der Waals surface area contributed by atoms with Crippen LogP contribution in [0.5, 0.6) is 5.75 Å². The molecule has 1 fully saturated rings. The molecule has 0 atom stereocenters. The van der Waals surface area contributed by atoms with E-state index >= 15 is 0 Å². The second-order valence-electron chi connectivity index (χ2n) is 3.50. The predicted molar refractivity (Wildman–Crippen MR) is 60.4 cm³/mol. The average molecular weight is 251 g/mol. The molecule has 16 heavy (non-hydrogen) atoms. The Morgan fingerprint density at radius 2 is 1.62 bits per heavy atom. The number of hydrogen-bond acceptors (Lipinski definition) is 3. The lowest BCUT2D eigenvalue weighted by molar-refractivity contribution is 0.458. The van der Waals surface area contributed by atoms with Gasteiger partial charge in [-0.2, -0.15) is 0 Å². The first kappa shape index (κ1) is 13.0. The SMILES string of the molecule is Cl.Oc1cc(F)c(N2CCNCC2)c(F)c1. The van der Waals surface area contributed by atoms with Crippen molar-refractivity contribution in [3.05, 3.63) is 23.8 Å². The summed E-state index contributed by atoms with van der Waals surface area (Å²) in [7, 11) is 0. The Morgan fingerprint density at radius 1 is 1.12 bits per heavy atom. The van der Waals surface area contributed by atoms with Gasteiger partial charge >= 0.3 is 0 Å². The van der Waals surface area contributed by atoms with Gasteiger partial charge in [0.05, 0.1) is 0 Å². The number of phenolic OH excluding ortho intramolecular Hbond substituents is 1. The molecule has 0 aromatic heterocycles. The summed E-state index contributed by atoms with van der Waals surface area (Å²) >= 11 is 0. The second kappa shape index (κ2) is 5.32. The van der Waals surface area contributed by atoms with Crippen LogP contribution >= 0.6 is 12.4 Å². The molecule has 90 valence electrons. The van der Waals surface area contributed by atoms with Crippen LogP contribution in [0.3, 0.4) is 0 Å². The number of nitrogens with zero attached hydrogens (tertiary/aromatic N) is 1. The zero-order chi connectivity index (χ0) is 10.8. The van der Waals surface area contributed by atoms with Crippen molar-refractivity contribution in [3.8, 4) is 5.75 Å². The lowest BCUT2D eigenvalue weighted by atomic mass is 10.2. The minimum absolute atomic E-state index is 0. The maximum Gasteiger partial charge on any atom is 0.153 e. The topological polar surface area (TPSA) is 35.5 Å². The molecule has 1 aromatic carbocycles. The van der Waals surface area contributed by atoms with Crippen molar-refractivity contribution in [1.82, 2.24) is 5.32 Å². The monoisotopic (exact) mass is 250 g/mol. The molecule has 0 radical (unpaired) electrons. The Labute approximate surface area is 98.5 Å². The van der Waals surface area contributed by atoms with Crippen molar-refractivity contribution in [2.24, 2.45) is 0 Å². The van der Waals surface area contributed by atoms with E-state index in [1.165, 1.54) is 0 Å². The summed E-state index contributed by atoms with van der Waals surface area (Å²) in [6.07, 6.45) is 0. The molecule has 0 saturated carbocycles. The Balaban J connectivity index is 0.00000128. The zero-order valence-corrected chi connectivity index (χ0v) is 9.36. The van der Waals surface area contributed by atoms with Gasteiger partial charge in [-0.25, -0.2) is 8.78 Å². The lowest BCUT2D eigenvalue weighted by Gasteiger charge is -2.29. The summed E-state index contributed by atoms with van der Waals surface area (Å²) in [4.78, 5) is 1.64. The number of piperazine rings is 1. The normalized spacial score (nSPS) is 15.8. The molecule has 1 aromatic rings. The molecular weight excluding hydrogens is 238 g/mol. The molecule has 2 rings (SSSR count). The molecule has 0 aliphatic carbocycles. The van der Waals surface area contributed by atoms with E-state index in [0.29, 0.717) is 26.2 Å². The molecule has 1 aliphatic rings. The fraction of sp³-hybridized carbons (Fsp3) is 0.400. The van der Waals surface area contributed by atoms with E-state index in [1.54, 1.807) is 4.90 Å². The summed E-state index contributed by atoms with van der Waals surface area (Å²) in [6.45, 7) is 2.55. The molecule has 3 nitrogen and oxygen atoms in total. The van der Waals surface area contributed by atoms with E-state index in [0.717, 1.165) is 12.1 Å². The van der Waals surface area contributed by atoms with Gasteiger partial charge in [0.15, 0.2) is 11.6 Å². The Hall–Kier alpha value is -1.07. The van der Waals surface area contributed by atoms with Crippen molar-refractivity contribution in [1.29, 1.82) is 0 Å². The van der Waals surface area contributed by atoms with E-state index in [2.05, 4.69) is 5.32 Å². The number of benzene rings is 1. The zero-order valence-electron chi connectivity index (χ0n) is 8.54. The number of anilines is 1. The molecule has 0 spiro atoms. The van der Waals surface area contributed by atoms with Crippen LogP contribution in [0.25, 0.3) is 0 Å². The highest BCUT2D eigenvalue weighted by molar-refractivity contribution is 5.85. The Morgan fingerprint density at radius 3 is 2.12 bits per heavy atom. The van der Waals surface area contributed by atoms with Gasteiger partial charge in [0.25, 0.3) is 0 Å². The fourth-order valence-electron chi connectivity index (χ4n) is 1.74.